The second-order valence-corrected chi connectivity index (χ2v) is 14.6. The van der Waals surface area contributed by atoms with Crippen molar-refractivity contribution in [2.75, 3.05) is 16.4 Å². The minimum absolute atomic E-state index is 0.00456. The molecule has 0 aliphatic carbocycles. The SMILES string of the molecule is CCCCCCCCCCCCCCCC(=O)Nc1cccc(C2OC(CSc3ccc(NC(C)=O)cc3)CC(c3ccc(CO)cc3)O2)c1. The number of carbonyl (C=O) groups excluding carboxylic acids is 2. The maximum Gasteiger partial charge on any atom is 0.224 e. The minimum atomic E-state index is -0.600. The van der Waals surface area contributed by atoms with Gasteiger partial charge in [-0.1, -0.05) is 120 Å². The Balaban J connectivity index is 1.25. The second-order valence-electron chi connectivity index (χ2n) is 13.5. The Morgan fingerprint density at radius 1 is 0.740 bits per heavy atom. The first-order valence-electron chi connectivity index (χ1n) is 18.8. The molecule has 7 nitrogen and oxygen atoms in total. The summed E-state index contributed by atoms with van der Waals surface area (Å²) in [4.78, 5) is 25.3. The molecule has 0 saturated carbocycles. The van der Waals surface area contributed by atoms with Crippen LogP contribution in [0.15, 0.2) is 77.7 Å². The summed E-state index contributed by atoms with van der Waals surface area (Å²) < 4.78 is 13.1. The van der Waals surface area contributed by atoms with E-state index >= 15 is 0 Å². The fourth-order valence-corrected chi connectivity index (χ4v) is 7.26. The zero-order chi connectivity index (χ0) is 35.4. The van der Waals surface area contributed by atoms with Crippen molar-refractivity contribution < 1.29 is 24.2 Å². The van der Waals surface area contributed by atoms with Crippen LogP contribution in [0.3, 0.4) is 0 Å². The van der Waals surface area contributed by atoms with Crippen LogP contribution in [0.25, 0.3) is 0 Å². The molecule has 272 valence electrons. The third-order valence-electron chi connectivity index (χ3n) is 9.18. The third kappa shape index (κ3) is 14.6. The fraction of sp³-hybridized carbons (Fsp3) is 0.524. The zero-order valence-corrected chi connectivity index (χ0v) is 31.0. The molecule has 0 aromatic heterocycles. The zero-order valence-electron chi connectivity index (χ0n) is 30.2. The Morgan fingerprint density at radius 2 is 1.38 bits per heavy atom. The van der Waals surface area contributed by atoms with Crippen molar-refractivity contribution in [2.24, 2.45) is 0 Å². The monoisotopic (exact) mass is 702 g/mol. The number of benzene rings is 3. The molecule has 2 amide bonds. The summed E-state index contributed by atoms with van der Waals surface area (Å²) in [7, 11) is 0. The minimum Gasteiger partial charge on any atom is -0.392 e. The van der Waals surface area contributed by atoms with Crippen molar-refractivity contribution in [3.8, 4) is 0 Å². The van der Waals surface area contributed by atoms with Gasteiger partial charge in [-0.25, -0.2) is 0 Å². The number of amides is 2. The van der Waals surface area contributed by atoms with Gasteiger partial charge in [0.2, 0.25) is 11.8 Å². The van der Waals surface area contributed by atoms with Gasteiger partial charge in [0.1, 0.15) is 0 Å². The predicted octanol–water partition coefficient (Wildman–Crippen LogP) is 10.9. The van der Waals surface area contributed by atoms with Gasteiger partial charge in [-0.3, -0.25) is 9.59 Å². The number of hydrogen-bond acceptors (Lipinski definition) is 6. The first kappa shape index (κ1) is 39.6. The van der Waals surface area contributed by atoms with E-state index in [1.807, 2.05) is 72.8 Å². The molecule has 8 heteroatoms. The third-order valence-corrected chi connectivity index (χ3v) is 10.3. The summed E-state index contributed by atoms with van der Waals surface area (Å²) in [5, 5.41) is 15.4. The number of ether oxygens (including phenoxy) is 2. The maximum absolute atomic E-state index is 12.8. The van der Waals surface area contributed by atoms with Crippen LogP contribution in [0.5, 0.6) is 0 Å². The molecule has 1 heterocycles. The van der Waals surface area contributed by atoms with Crippen LogP contribution in [0.2, 0.25) is 0 Å². The number of aliphatic hydroxyl groups is 1. The molecule has 1 saturated heterocycles. The van der Waals surface area contributed by atoms with E-state index in [2.05, 4.69) is 17.6 Å². The van der Waals surface area contributed by atoms with Gasteiger partial charge in [0.25, 0.3) is 0 Å². The van der Waals surface area contributed by atoms with Crippen molar-refractivity contribution in [3.05, 3.63) is 89.5 Å². The number of unbranched alkanes of at least 4 members (excludes halogenated alkanes) is 12. The Hall–Kier alpha value is -3.17. The van der Waals surface area contributed by atoms with Crippen LogP contribution in [-0.2, 0) is 25.7 Å². The smallest absolute Gasteiger partial charge is 0.224 e. The van der Waals surface area contributed by atoms with E-state index in [9.17, 15) is 14.7 Å². The Kier molecular flexibility index (Phi) is 17.9. The Bertz CT molecular complexity index is 1410. The van der Waals surface area contributed by atoms with Crippen LogP contribution in [0, 0.1) is 0 Å². The number of aliphatic hydroxyl groups excluding tert-OH is 1. The van der Waals surface area contributed by atoms with Gasteiger partial charge in [0.15, 0.2) is 6.29 Å². The molecule has 1 aliphatic rings. The van der Waals surface area contributed by atoms with Crippen molar-refractivity contribution >= 4 is 35.0 Å². The molecule has 3 aromatic carbocycles. The first-order chi connectivity index (χ1) is 24.4. The van der Waals surface area contributed by atoms with E-state index in [0.717, 1.165) is 51.6 Å². The fourth-order valence-electron chi connectivity index (χ4n) is 6.34. The summed E-state index contributed by atoms with van der Waals surface area (Å²) in [6.45, 7) is 3.76. The summed E-state index contributed by atoms with van der Waals surface area (Å²) in [5.74, 6) is 0.667. The lowest BCUT2D eigenvalue weighted by Crippen LogP contribution is -2.31. The van der Waals surface area contributed by atoms with E-state index in [4.69, 9.17) is 9.47 Å². The average Bonchev–Trinajstić information content (AvgIpc) is 3.13. The molecule has 4 rings (SSSR count). The number of anilines is 2. The van der Waals surface area contributed by atoms with Crippen molar-refractivity contribution in [2.45, 2.75) is 140 Å². The van der Waals surface area contributed by atoms with Crippen molar-refractivity contribution in [1.29, 1.82) is 0 Å². The number of hydrogen-bond donors (Lipinski definition) is 3. The molecular formula is C42H58N2O5S. The van der Waals surface area contributed by atoms with E-state index in [1.54, 1.807) is 11.8 Å². The molecule has 0 spiro atoms. The lowest BCUT2D eigenvalue weighted by Gasteiger charge is -2.36. The van der Waals surface area contributed by atoms with Crippen LogP contribution in [0.1, 0.15) is 139 Å². The van der Waals surface area contributed by atoms with Gasteiger partial charge in [0.05, 0.1) is 18.8 Å². The van der Waals surface area contributed by atoms with Gasteiger partial charge in [-0.2, -0.15) is 0 Å². The largest absolute Gasteiger partial charge is 0.392 e. The number of nitrogens with one attached hydrogen (secondary N) is 2. The highest BCUT2D eigenvalue weighted by Crippen LogP contribution is 2.40. The number of carbonyl (C=O) groups is 2. The molecule has 1 aliphatic heterocycles. The molecule has 50 heavy (non-hydrogen) atoms. The molecule has 3 aromatic rings. The molecule has 1 fully saturated rings. The molecule has 0 radical (unpaired) electrons. The van der Waals surface area contributed by atoms with Gasteiger partial charge in [-0.05, 0) is 53.9 Å². The standard InChI is InChI=1S/C42H58N2O5S/c1-3-4-5-6-7-8-9-10-11-12-13-14-15-19-41(47)44-37-18-16-17-35(28-37)42-48-38(29-40(49-42)34-22-20-33(30-45)21-23-34)31-50-39-26-24-36(25-27-39)43-32(2)46/h16-18,20-28,38,40,42,45H,3-15,19,29-31H2,1-2H3,(H,43,46)(H,44,47). The highest BCUT2D eigenvalue weighted by atomic mass is 32.2. The molecule has 0 bridgehead atoms. The normalized spacial score (nSPS) is 17.4. The van der Waals surface area contributed by atoms with Crippen LogP contribution in [-0.4, -0.2) is 28.8 Å². The second kappa shape index (κ2) is 22.6. The van der Waals surface area contributed by atoms with E-state index < -0.39 is 6.29 Å². The van der Waals surface area contributed by atoms with E-state index in [0.29, 0.717) is 12.8 Å². The van der Waals surface area contributed by atoms with Gasteiger partial charge < -0.3 is 25.2 Å². The average molecular weight is 703 g/mol. The van der Waals surface area contributed by atoms with E-state index in [1.165, 1.54) is 77.6 Å². The summed E-state index contributed by atoms with van der Waals surface area (Å²) in [6, 6.07) is 23.5. The summed E-state index contributed by atoms with van der Waals surface area (Å²) >= 11 is 1.70. The number of thioether (sulfide) groups is 1. The highest BCUT2D eigenvalue weighted by Gasteiger charge is 2.32. The van der Waals surface area contributed by atoms with Gasteiger partial charge in [0, 0.05) is 47.4 Å². The molecular weight excluding hydrogens is 645 g/mol. The first-order valence-corrected chi connectivity index (χ1v) is 19.8. The van der Waals surface area contributed by atoms with Crippen LogP contribution < -0.4 is 10.6 Å². The summed E-state index contributed by atoms with van der Waals surface area (Å²) in [6.07, 6.45) is 17.0. The van der Waals surface area contributed by atoms with Crippen molar-refractivity contribution in [1.82, 2.24) is 0 Å². The van der Waals surface area contributed by atoms with Crippen LogP contribution in [0.4, 0.5) is 11.4 Å². The maximum atomic E-state index is 12.8. The highest BCUT2D eigenvalue weighted by molar-refractivity contribution is 7.99. The molecule has 3 atom stereocenters. The predicted molar refractivity (Wildman–Crippen MR) is 205 cm³/mol. The lowest BCUT2D eigenvalue weighted by atomic mass is 10.0. The molecule has 3 N–H and O–H groups in total. The van der Waals surface area contributed by atoms with E-state index in [-0.39, 0.29) is 30.6 Å². The quantitative estimate of drug-likeness (QED) is 0.0712. The van der Waals surface area contributed by atoms with Crippen molar-refractivity contribution in [3.63, 3.8) is 0 Å². The Labute approximate surface area is 304 Å². The van der Waals surface area contributed by atoms with Gasteiger partial charge in [-0.15, -0.1) is 11.8 Å². The topological polar surface area (TPSA) is 96.9 Å². The lowest BCUT2D eigenvalue weighted by molar-refractivity contribution is -0.245. The van der Waals surface area contributed by atoms with Gasteiger partial charge >= 0.3 is 0 Å². The Morgan fingerprint density at radius 3 is 2.00 bits per heavy atom. The number of rotatable bonds is 22. The molecule has 3 unspecified atom stereocenters. The summed E-state index contributed by atoms with van der Waals surface area (Å²) in [5.41, 5.74) is 4.26. The van der Waals surface area contributed by atoms with Crippen LogP contribution >= 0.6 is 11.8 Å².